The Kier molecular flexibility index (Phi) is 5.15. The summed E-state index contributed by atoms with van der Waals surface area (Å²) in [5, 5.41) is 0. The molecule has 0 fully saturated rings. The van der Waals surface area contributed by atoms with Crippen molar-refractivity contribution < 1.29 is 22.7 Å². The third-order valence-corrected chi connectivity index (χ3v) is 2.48. The van der Waals surface area contributed by atoms with E-state index in [4.69, 9.17) is 4.74 Å². The van der Waals surface area contributed by atoms with E-state index in [1.54, 1.807) is 24.3 Å². The number of Topliss-reactive ketones (excluding diaryl/α,β-unsaturated/α-hetero) is 1. The number of ketones is 1. The molecule has 19 heavy (non-hydrogen) atoms. The molecule has 0 bridgehead atoms. The number of rotatable bonds is 6. The lowest BCUT2D eigenvalue weighted by atomic mass is 10.1. The summed E-state index contributed by atoms with van der Waals surface area (Å²) in [6.07, 6.45) is -4.19. The van der Waals surface area contributed by atoms with Crippen molar-refractivity contribution in [3.63, 3.8) is 0 Å². The minimum absolute atomic E-state index is 0.00970. The van der Waals surface area contributed by atoms with Crippen LogP contribution in [0.4, 0.5) is 13.2 Å². The van der Waals surface area contributed by atoms with Crippen LogP contribution in [0.3, 0.4) is 0 Å². The van der Waals surface area contributed by atoms with Gasteiger partial charge >= 0.3 is 6.18 Å². The minimum Gasteiger partial charge on any atom is -0.486 e. The van der Waals surface area contributed by atoms with E-state index >= 15 is 0 Å². The number of hydrogen-bond donors (Lipinski definition) is 0. The van der Waals surface area contributed by atoms with Gasteiger partial charge in [0.05, 0.1) is 0 Å². The quantitative estimate of drug-likeness (QED) is 0.738. The molecule has 0 N–H and O–H groups in total. The highest BCUT2D eigenvalue weighted by molar-refractivity contribution is 5.77. The van der Waals surface area contributed by atoms with E-state index in [2.05, 4.69) is 6.58 Å². The molecule has 0 unspecified atom stereocenters. The fourth-order valence-corrected chi connectivity index (χ4v) is 1.37. The van der Waals surface area contributed by atoms with Crippen molar-refractivity contribution in [2.24, 2.45) is 0 Å². The van der Waals surface area contributed by atoms with Crippen molar-refractivity contribution >= 4 is 5.78 Å². The maximum atomic E-state index is 12.2. The van der Waals surface area contributed by atoms with Gasteiger partial charge in [0.25, 0.3) is 0 Å². The van der Waals surface area contributed by atoms with Gasteiger partial charge in [0.2, 0.25) is 0 Å². The number of ether oxygens (including phenoxy) is 1. The van der Waals surface area contributed by atoms with E-state index < -0.39 is 11.7 Å². The zero-order chi connectivity index (χ0) is 14.5. The first-order valence-corrected chi connectivity index (χ1v) is 5.75. The normalized spacial score (nSPS) is 11.2. The van der Waals surface area contributed by atoms with Crippen molar-refractivity contribution in [3.05, 3.63) is 42.0 Å². The standard InChI is InChI=1S/C14H15F3O2/c1-10(14(15,16)17)3-4-12-5-7-13(8-6-12)19-9-11(2)18/h5-8H,1,3-4,9H2,2H3. The van der Waals surface area contributed by atoms with E-state index in [1.807, 2.05) is 0 Å². The van der Waals surface area contributed by atoms with E-state index in [1.165, 1.54) is 6.92 Å². The molecule has 2 nitrogen and oxygen atoms in total. The molecule has 0 heterocycles. The number of carbonyl (C=O) groups excluding carboxylic acids is 1. The summed E-state index contributed by atoms with van der Waals surface area (Å²) in [4.78, 5) is 10.7. The summed E-state index contributed by atoms with van der Waals surface area (Å²) >= 11 is 0. The second kappa shape index (κ2) is 6.41. The minimum atomic E-state index is -4.33. The Morgan fingerprint density at radius 3 is 2.32 bits per heavy atom. The number of allylic oxidation sites excluding steroid dienone is 1. The maximum absolute atomic E-state index is 12.2. The Hall–Kier alpha value is -1.78. The summed E-state index contributed by atoms with van der Waals surface area (Å²) in [6.45, 7) is 4.42. The van der Waals surface area contributed by atoms with Crippen LogP contribution in [0.25, 0.3) is 0 Å². The summed E-state index contributed by atoms with van der Waals surface area (Å²) < 4.78 is 41.9. The van der Waals surface area contributed by atoms with Gasteiger partial charge in [-0.3, -0.25) is 4.79 Å². The van der Waals surface area contributed by atoms with Gasteiger partial charge in [-0.15, -0.1) is 0 Å². The lowest BCUT2D eigenvalue weighted by Gasteiger charge is -2.10. The summed E-state index contributed by atoms with van der Waals surface area (Å²) in [6, 6.07) is 6.63. The van der Waals surface area contributed by atoms with Crippen LogP contribution >= 0.6 is 0 Å². The highest BCUT2D eigenvalue weighted by Crippen LogP contribution is 2.27. The maximum Gasteiger partial charge on any atom is 0.412 e. The smallest absolute Gasteiger partial charge is 0.412 e. The summed E-state index contributed by atoms with van der Waals surface area (Å²) in [7, 11) is 0. The van der Waals surface area contributed by atoms with Crippen LogP contribution in [0.1, 0.15) is 18.9 Å². The first-order valence-electron chi connectivity index (χ1n) is 5.75. The van der Waals surface area contributed by atoms with Gasteiger partial charge in [0, 0.05) is 5.57 Å². The number of benzene rings is 1. The Balaban J connectivity index is 2.49. The molecule has 0 saturated heterocycles. The molecule has 1 aromatic carbocycles. The van der Waals surface area contributed by atoms with E-state index in [-0.39, 0.29) is 25.2 Å². The third kappa shape index (κ3) is 5.59. The molecule has 0 radical (unpaired) electrons. The zero-order valence-electron chi connectivity index (χ0n) is 10.6. The van der Waals surface area contributed by atoms with Gasteiger partial charge in [0.1, 0.15) is 12.4 Å². The van der Waals surface area contributed by atoms with Crippen LogP contribution < -0.4 is 4.74 Å². The van der Waals surface area contributed by atoms with E-state index in [0.717, 1.165) is 5.56 Å². The number of alkyl halides is 3. The largest absolute Gasteiger partial charge is 0.486 e. The first kappa shape index (κ1) is 15.3. The van der Waals surface area contributed by atoms with Gasteiger partial charge in [-0.05, 0) is 37.5 Å². The van der Waals surface area contributed by atoms with Crippen LogP contribution in [0.5, 0.6) is 5.75 Å². The van der Waals surface area contributed by atoms with Crippen molar-refractivity contribution in [1.29, 1.82) is 0 Å². The highest BCUT2D eigenvalue weighted by atomic mass is 19.4. The molecule has 0 aliphatic rings. The molecular formula is C14H15F3O2. The molecule has 1 aromatic rings. The zero-order valence-corrected chi connectivity index (χ0v) is 10.6. The Bertz CT molecular complexity index is 447. The van der Waals surface area contributed by atoms with Gasteiger partial charge in [-0.1, -0.05) is 18.7 Å². The predicted molar refractivity (Wildman–Crippen MR) is 66.1 cm³/mol. The van der Waals surface area contributed by atoms with Crippen LogP contribution in [0.2, 0.25) is 0 Å². The topological polar surface area (TPSA) is 26.3 Å². The number of hydrogen-bond acceptors (Lipinski definition) is 2. The van der Waals surface area contributed by atoms with Crippen LogP contribution in [-0.4, -0.2) is 18.6 Å². The molecule has 104 valence electrons. The van der Waals surface area contributed by atoms with Gasteiger partial charge in [-0.25, -0.2) is 0 Å². The summed E-state index contributed by atoms with van der Waals surface area (Å²) in [5.74, 6) is 0.430. The summed E-state index contributed by atoms with van der Waals surface area (Å²) in [5.41, 5.74) is 0.0324. The molecule has 0 saturated carbocycles. The second-order valence-electron chi connectivity index (χ2n) is 4.24. The average molecular weight is 272 g/mol. The third-order valence-electron chi connectivity index (χ3n) is 2.48. The highest BCUT2D eigenvalue weighted by Gasteiger charge is 2.30. The monoisotopic (exact) mass is 272 g/mol. The van der Waals surface area contributed by atoms with Crippen LogP contribution in [0, 0.1) is 0 Å². The lowest BCUT2D eigenvalue weighted by molar-refractivity contribution is -0.118. The molecule has 0 atom stereocenters. The molecule has 5 heteroatoms. The van der Waals surface area contributed by atoms with Gasteiger partial charge < -0.3 is 4.74 Å². The lowest BCUT2D eigenvalue weighted by Crippen LogP contribution is -2.11. The first-order chi connectivity index (χ1) is 8.79. The molecule has 1 rings (SSSR count). The van der Waals surface area contributed by atoms with Gasteiger partial charge in [0.15, 0.2) is 5.78 Å². The fourth-order valence-electron chi connectivity index (χ4n) is 1.37. The Morgan fingerprint density at radius 2 is 1.84 bits per heavy atom. The average Bonchev–Trinajstić information content (AvgIpc) is 2.33. The molecule has 0 aliphatic carbocycles. The van der Waals surface area contributed by atoms with E-state index in [0.29, 0.717) is 5.75 Å². The van der Waals surface area contributed by atoms with Crippen molar-refractivity contribution in [2.75, 3.05) is 6.61 Å². The second-order valence-corrected chi connectivity index (χ2v) is 4.24. The number of aryl methyl sites for hydroxylation is 1. The molecule has 0 aromatic heterocycles. The molecule has 0 amide bonds. The fraction of sp³-hybridized carbons (Fsp3) is 0.357. The molecule has 0 aliphatic heterocycles. The SMILES string of the molecule is C=C(CCc1ccc(OCC(C)=O)cc1)C(F)(F)F. The number of halogens is 3. The van der Waals surface area contributed by atoms with Crippen molar-refractivity contribution in [3.8, 4) is 5.75 Å². The van der Waals surface area contributed by atoms with Crippen LogP contribution in [0.15, 0.2) is 36.4 Å². The van der Waals surface area contributed by atoms with E-state index in [9.17, 15) is 18.0 Å². The van der Waals surface area contributed by atoms with Crippen molar-refractivity contribution in [1.82, 2.24) is 0 Å². The number of carbonyl (C=O) groups is 1. The predicted octanol–water partition coefficient (Wildman–Crippen LogP) is 3.71. The van der Waals surface area contributed by atoms with Gasteiger partial charge in [-0.2, -0.15) is 13.2 Å². The Labute approximate surface area is 109 Å². The molecular weight excluding hydrogens is 257 g/mol. The molecule has 0 spiro atoms. The van der Waals surface area contributed by atoms with Crippen molar-refractivity contribution in [2.45, 2.75) is 25.9 Å². The van der Waals surface area contributed by atoms with Crippen LogP contribution in [-0.2, 0) is 11.2 Å². The Morgan fingerprint density at radius 1 is 1.26 bits per heavy atom.